The second-order valence-electron chi connectivity index (χ2n) is 4.94. The van der Waals surface area contributed by atoms with Gasteiger partial charge < -0.3 is 10.1 Å². The molecule has 1 heterocycles. The van der Waals surface area contributed by atoms with Gasteiger partial charge in [0.2, 0.25) is 0 Å². The fraction of sp³-hybridized carbons (Fsp3) is 0.412. The maximum atomic E-state index is 5.35. The molecular weight excluding hydrogens is 346 g/mol. The SMILES string of the molecule is CCNC(Cc1cc(OC)ccc1Br)c1sccc1CC. The van der Waals surface area contributed by atoms with Crippen molar-refractivity contribution in [2.24, 2.45) is 0 Å². The molecule has 0 radical (unpaired) electrons. The van der Waals surface area contributed by atoms with Crippen LogP contribution in [0.1, 0.15) is 35.9 Å². The summed E-state index contributed by atoms with van der Waals surface area (Å²) in [6.45, 7) is 5.34. The Balaban J connectivity index is 2.28. The van der Waals surface area contributed by atoms with Crippen LogP contribution < -0.4 is 10.1 Å². The molecule has 21 heavy (non-hydrogen) atoms. The number of hydrogen-bond acceptors (Lipinski definition) is 3. The molecule has 0 amide bonds. The fourth-order valence-electron chi connectivity index (χ4n) is 2.50. The van der Waals surface area contributed by atoms with Crippen molar-refractivity contribution in [3.05, 3.63) is 50.1 Å². The zero-order valence-electron chi connectivity index (χ0n) is 12.8. The Bertz CT molecular complexity index is 582. The monoisotopic (exact) mass is 367 g/mol. The Hall–Kier alpha value is -0.840. The van der Waals surface area contributed by atoms with Crippen LogP contribution in [0.25, 0.3) is 0 Å². The number of halogens is 1. The Morgan fingerprint density at radius 3 is 2.71 bits per heavy atom. The Labute approximate surface area is 139 Å². The van der Waals surface area contributed by atoms with Crippen LogP contribution in [0.15, 0.2) is 34.1 Å². The molecule has 2 aromatic rings. The molecule has 1 aromatic heterocycles. The van der Waals surface area contributed by atoms with Crippen molar-refractivity contribution in [3.8, 4) is 5.75 Å². The molecule has 0 spiro atoms. The zero-order valence-corrected chi connectivity index (χ0v) is 15.2. The lowest BCUT2D eigenvalue weighted by Gasteiger charge is -2.19. The number of thiophene rings is 1. The smallest absolute Gasteiger partial charge is 0.119 e. The van der Waals surface area contributed by atoms with Gasteiger partial charge in [-0.3, -0.25) is 0 Å². The van der Waals surface area contributed by atoms with E-state index in [-0.39, 0.29) is 0 Å². The highest BCUT2D eigenvalue weighted by atomic mass is 79.9. The van der Waals surface area contributed by atoms with E-state index in [1.165, 1.54) is 16.0 Å². The van der Waals surface area contributed by atoms with Gasteiger partial charge in [0.1, 0.15) is 5.75 Å². The number of methoxy groups -OCH3 is 1. The number of benzene rings is 1. The van der Waals surface area contributed by atoms with Crippen LogP contribution in [0.3, 0.4) is 0 Å². The Kier molecular flexibility index (Phi) is 6.27. The van der Waals surface area contributed by atoms with Crippen LogP contribution in [0.5, 0.6) is 5.75 Å². The summed E-state index contributed by atoms with van der Waals surface area (Å²) in [5.41, 5.74) is 2.72. The van der Waals surface area contributed by atoms with E-state index in [0.29, 0.717) is 6.04 Å². The summed E-state index contributed by atoms with van der Waals surface area (Å²) in [5.74, 6) is 0.908. The number of rotatable bonds is 7. The standard InChI is InChI=1S/C17H22BrNOS/c1-4-12-8-9-21-17(12)16(19-5-2)11-13-10-14(20-3)6-7-15(13)18/h6-10,16,19H,4-5,11H2,1-3H3. The summed E-state index contributed by atoms with van der Waals surface area (Å²) in [7, 11) is 1.71. The molecule has 1 unspecified atom stereocenters. The lowest BCUT2D eigenvalue weighted by molar-refractivity contribution is 0.413. The number of hydrogen-bond donors (Lipinski definition) is 1. The number of aryl methyl sites for hydroxylation is 1. The topological polar surface area (TPSA) is 21.3 Å². The van der Waals surface area contributed by atoms with Crippen LogP contribution in [0.4, 0.5) is 0 Å². The first-order valence-electron chi connectivity index (χ1n) is 7.31. The molecule has 1 aromatic carbocycles. The molecule has 0 fully saturated rings. The minimum absolute atomic E-state index is 0.355. The van der Waals surface area contributed by atoms with E-state index >= 15 is 0 Å². The van der Waals surface area contributed by atoms with Gasteiger partial charge in [0.05, 0.1) is 7.11 Å². The summed E-state index contributed by atoms with van der Waals surface area (Å²) >= 11 is 5.51. The van der Waals surface area contributed by atoms with Crippen LogP contribution >= 0.6 is 27.3 Å². The molecule has 2 rings (SSSR count). The van der Waals surface area contributed by atoms with Crippen molar-refractivity contribution in [2.45, 2.75) is 32.7 Å². The summed E-state index contributed by atoms with van der Waals surface area (Å²) in [6.07, 6.45) is 2.04. The first-order valence-corrected chi connectivity index (χ1v) is 8.98. The van der Waals surface area contributed by atoms with E-state index in [9.17, 15) is 0 Å². The molecule has 0 saturated carbocycles. The van der Waals surface area contributed by atoms with Crippen LogP contribution in [0.2, 0.25) is 0 Å². The minimum Gasteiger partial charge on any atom is -0.497 e. The van der Waals surface area contributed by atoms with Crippen LogP contribution in [-0.4, -0.2) is 13.7 Å². The summed E-state index contributed by atoms with van der Waals surface area (Å²) < 4.78 is 6.49. The van der Waals surface area contributed by atoms with Crippen molar-refractivity contribution in [3.63, 3.8) is 0 Å². The van der Waals surface area contributed by atoms with Gasteiger partial charge in [-0.25, -0.2) is 0 Å². The summed E-state index contributed by atoms with van der Waals surface area (Å²) in [5, 5.41) is 5.82. The van der Waals surface area contributed by atoms with Crippen molar-refractivity contribution in [2.75, 3.05) is 13.7 Å². The maximum Gasteiger partial charge on any atom is 0.119 e. The van der Waals surface area contributed by atoms with E-state index < -0.39 is 0 Å². The lowest BCUT2D eigenvalue weighted by Crippen LogP contribution is -2.23. The number of nitrogens with one attached hydrogen (secondary N) is 1. The average molecular weight is 368 g/mol. The van der Waals surface area contributed by atoms with Gasteiger partial charge in [0.15, 0.2) is 0 Å². The molecule has 2 nitrogen and oxygen atoms in total. The maximum absolute atomic E-state index is 5.35. The zero-order chi connectivity index (χ0) is 15.2. The number of ether oxygens (including phenoxy) is 1. The van der Waals surface area contributed by atoms with Gasteiger partial charge in [-0.15, -0.1) is 11.3 Å². The second kappa shape index (κ2) is 7.97. The van der Waals surface area contributed by atoms with Crippen LogP contribution in [0, 0.1) is 0 Å². The lowest BCUT2D eigenvalue weighted by atomic mass is 10.0. The third-order valence-electron chi connectivity index (χ3n) is 3.61. The molecule has 1 N–H and O–H groups in total. The predicted molar refractivity (Wildman–Crippen MR) is 94.5 cm³/mol. The average Bonchev–Trinajstić information content (AvgIpc) is 2.97. The molecule has 0 aliphatic rings. The predicted octanol–water partition coefficient (Wildman–Crippen LogP) is 4.97. The Morgan fingerprint density at radius 2 is 2.05 bits per heavy atom. The highest BCUT2D eigenvalue weighted by molar-refractivity contribution is 9.10. The van der Waals surface area contributed by atoms with E-state index in [4.69, 9.17) is 4.74 Å². The third kappa shape index (κ3) is 4.09. The van der Waals surface area contributed by atoms with E-state index in [1.54, 1.807) is 7.11 Å². The molecular formula is C17H22BrNOS. The minimum atomic E-state index is 0.355. The highest BCUT2D eigenvalue weighted by Gasteiger charge is 2.17. The largest absolute Gasteiger partial charge is 0.497 e. The first-order chi connectivity index (χ1) is 10.2. The number of likely N-dealkylation sites (N-methyl/N-ethyl adjacent to an activating group) is 1. The van der Waals surface area contributed by atoms with Gasteiger partial charge in [0.25, 0.3) is 0 Å². The van der Waals surface area contributed by atoms with Gasteiger partial charge in [-0.2, -0.15) is 0 Å². The third-order valence-corrected chi connectivity index (χ3v) is 5.45. The molecule has 4 heteroatoms. The van der Waals surface area contributed by atoms with Crippen molar-refractivity contribution >= 4 is 27.3 Å². The Morgan fingerprint density at radius 1 is 1.24 bits per heavy atom. The second-order valence-corrected chi connectivity index (χ2v) is 6.74. The van der Waals surface area contributed by atoms with Gasteiger partial charge >= 0.3 is 0 Å². The van der Waals surface area contributed by atoms with Crippen molar-refractivity contribution < 1.29 is 4.74 Å². The summed E-state index contributed by atoms with van der Waals surface area (Å²) in [4.78, 5) is 1.45. The fourth-order valence-corrected chi connectivity index (χ4v) is 3.99. The van der Waals surface area contributed by atoms with Gasteiger partial charge in [0, 0.05) is 15.4 Å². The van der Waals surface area contributed by atoms with Crippen LogP contribution in [-0.2, 0) is 12.8 Å². The van der Waals surface area contributed by atoms with Gasteiger partial charge in [-0.05, 0) is 60.2 Å². The summed E-state index contributed by atoms with van der Waals surface area (Å²) in [6, 6.07) is 8.76. The molecule has 0 bridgehead atoms. The molecule has 114 valence electrons. The molecule has 0 saturated heterocycles. The highest BCUT2D eigenvalue weighted by Crippen LogP contribution is 2.31. The normalized spacial score (nSPS) is 12.4. The van der Waals surface area contributed by atoms with Gasteiger partial charge in [-0.1, -0.05) is 29.8 Å². The van der Waals surface area contributed by atoms with E-state index in [1.807, 2.05) is 17.4 Å². The van der Waals surface area contributed by atoms with Crippen molar-refractivity contribution in [1.82, 2.24) is 5.32 Å². The first kappa shape index (κ1) is 16.5. The molecule has 1 atom stereocenters. The van der Waals surface area contributed by atoms with Crippen molar-refractivity contribution in [1.29, 1.82) is 0 Å². The van der Waals surface area contributed by atoms with E-state index in [2.05, 4.69) is 58.7 Å². The molecule has 0 aliphatic heterocycles. The quantitative estimate of drug-likeness (QED) is 0.745. The van der Waals surface area contributed by atoms with E-state index in [0.717, 1.165) is 29.6 Å². The molecule has 0 aliphatic carbocycles.